The molecule has 5 heteroatoms. The van der Waals surface area contributed by atoms with Gasteiger partial charge in [-0.3, -0.25) is 0 Å². The van der Waals surface area contributed by atoms with E-state index in [4.69, 9.17) is 10.5 Å². The number of hydrogen-bond acceptors (Lipinski definition) is 5. The van der Waals surface area contributed by atoms with Crippen LogP contribution in [0.25, 0.3) is 0 Å². The SMILES string of the molecule is COc1ccc(C(C)N)cc1CSc1ccncn1. The van der Waals surface area contributed by atoms with Gasteiger partial charge in [0, 0.05) is 23.6 Å². The molecule has 0 saturated carbocycles. The molecule has 19 heavy (non-hydrogen) atoms. The molecular formula is C14H17N3OS. The fourth-order valence-electron chi connectivity index (χ4n) is 1.71. The highest BCUT2D eigenvalue weighted by atomic mass is 32.2. The Hall–Kier alpha value is -1.59. The van der Waals surface area contributed by atoms with Crippen LogP contribution in [-0.2, 0) is 5.75 Å². The first-order valence-corrected chi connectivity index (χ1v) is 7.00. The first-order valence-electron chi connectivity index (χ1n) is 6.02. The van der Waals surface area contributed by atoms with Crippen molar-refractivity contribution in [1.82, 2.24) is 9.97 Å². The Kier molecular flexibility index (Phi) is 4.76. The Morgan fingerprint density at radius 1 is 1.37 bits per heavy atom. The maximum absolute atomic E-state index is 5.91. The first-order chi connectivity index (χ1) is 9.20. The summed E-state index contributed by atoms with van der Waals surface area (Å²) in [4.78, 5) is 8.10. The lowest BCUT2D eigenvalue weighted by molar-refractivity contribution is 0.411. The van der Waals surface area contributed by atoms with Crippen LogP contribution in [0.5, 0.6) is 5.75 Å². The van der Waals surface area contributed by atoms with Crippen molar-refractivity contribution in [2.45, 2.75) is 23.7 Å². The smallest absolute Gasteiger partial charge is 0.122 e. The number of nitrogens with two attached hydrogens (primary N) is 1. The second-order valence-corrected chi connectivity index (χ2v) is 5.19. The van der Waals surface area contributed by atoms with E-state index in [1.807, 2.05) is 25.1 Å². The van der Waals surface area contributed by atoms with Crippen molar-refractivity contribution in [2.24, 2.45) is 5.73 Å². The molecule has 0 radical (unpaired) electrons. The lowest BCUT2D eigenvalue weighted by Crippen LogP contribution is -2.05. The van der Waals surface area contributed by atoms with E-state index >= 15 is 0 Å². The van der Waals surface area contributed by atoms with Crippen LogP contribution < -0.4 is 10.5 Å². The zero-order valence-corrected chi connectivity index (χ0v) is 11.9. The Labute approximate surface area is 117 Å². The predicted octanol–water partition coefficient (Wildman–Crippen LogP) is 2.80. The second kappa shape index (κ2) is 6.54. The van der Waals surface area contributed by atoms with Crippen molar-refractivity contribution in [2.75, 3.05) is 7.11 Å². The predicted molar refractivity (Wildman–Crippen MR) is 77.2 cm³/mol. The largest absolute Gasteiger partial charge is 0.496 e. The van der Waals surface area contributed by atoms with Crippen molar-refractivity contribution in [3.8, 4) is 5.75 Å². The van der Waals surface area contributed by atoms with Gasteiger partial charge in [-0.15, -0.1) is 11.8 Å². The third kappa shape index (κ3) is 3.68. The van der Waals surface area contributed by atoms with Gasteiger partial charge in [-0.25, -0.2) is 9.97 Å². The summed E-state index contributed by atoms with van der Waals surface area (Å²) in [7, 11) is 1.68. The van der Waals surface area contributed by atoms with Gasteiger partial charge in [-0.1, -0.05) is 6.07 Å². The van der Waals surface area contributed by atoms with Crippen molar-refractivity contribution in [3.05, 3.63) is 47.9 Å². The number of benzene rings is 1. The Morgan fingerprint density at radius 3 is 2.84 bits per heavy atom. The fourth-order valence-corrected chi connectivity index (χ4v) is 2.52. The van der Waals surface area contributed by atoms with E-state index in [1.54, 1.807) is 31.4 Å². The molecule has 100 valence electrons. The normalized spacial score (nSPS) is 12.2. The summed E-state index contributed by atoms with van der Waals surface area (Å²) in [6.45, 7) is 1.98. The van der Waals surface area contributed by atoms with Crippen molar-refractivity contribution >= 4 is 11.8 Å². The highest BCUT2D eigenvalue weighted by Crippen LogP contribution is 2.28. The van der Waals surface area contributed by atoms with E-state index in [2.05, 4.69) is 16.0 Å². The number of methoxy groups -OCH3 is 1. The summed E-state index contributed by atoms with van der Waals surface area (Å²) in [6, 6.07) is 7.98. The standard InChI is InChI=1S/C14H17N3OS/c1-10(15)11-3-4-13(18-2)12(7-11)8-19-14-5-6-16-9-17-14/h3-7,9-10H,8,15H2,1-2H3. The Balaban J connectivity index is 2.16. The van der Waals surface area contributed by atoms with E-state index in [-0.39, 0.29) is 6.04 Å². The van der Waals surface area contributed by atoms with Crippen LogP contribution in [-0.4, -0.2) is 17.1 Å². The quantitative estimate of drug-likeness (QED) is 0.671. The molecule has 0 aliphatic rings. The monoisotopic (exact) mass is 275 g/mol. The minimum absolute atomic E-state index is 0.0220. The van der Waals surface area contributed by atoms with Crippen molar-refractivity contribution in [3.63, 3.8) is 0 Å². The molecule has 1 unspecified atom stereocenters. The third-order valence-electron chi connectivity index (χ3n) is 2.76. The summed E-state index contributed by atoms with van der Waals surface area (Å²) in [5, 5.41) is 0.947. The van der Waals surface area contributed by atoms with Gasteiger partial charge >= 0.3 is 0 Å². The van der Waals surface area contributed by atoms with Gasteiger partial charge in [0.1, 0.15) is 12.1 Å². The van der Waals surface area contributed by atoms with Crippen LogP contribution in [0.3, 0.4) is 0 Å². The van der Waals surface area contributed by atoms with Crippen LogP contribution in [0.15, 0.2) is 41.8 Å². The van der Waals surface area contributed by atoms with E-state index < -0.39 is 0 Å². The summed E-state index contributed by atoms with van der Waals surface area (Å²) in [6.07, 6.45) is 3.29. The summed E-state index contributed by atoms with van der Waals surface area (Å²) in [5.41, 5.74) is 8.15. The molecule has 0 amide bonds. The Morgan fingerprint density at radius 2 is 2.21 bits per heavy atom. The number of thioether (sulfide) groups is 1. The highest BCUT2D eigenvalue weighted by molar-refractivity contribution is 7.98. The molecule has 2 N–H and O–H groups in total. The highest BCUT2D eigenvalue weighted by Gasteiger charge is 2.08. The number of nitrogens with zero attached hydrogens (tertiary/aromatic N) is 2. The van der Waals surface area contributed by atoms with E-state index in [1.165, 1.54) is 0 Å². The maximum atomic E-state index is 5.91. The number of aromatic nitrogens is 2. The minimum Gasteiger partial charge on any atom is -0.496 e. The fraction of sp³-hybridized carbons (Fsp3) is 0.286. The topological polar surface area (TPSA) is 61.0 Å². The maximum Gasteiger partial charge on any atom is 0.122 e. The molecule has 0 aliphatic heterocycles. The lowest BCUT2D eigenvalue weighted by Gasteiger charge is -2.12. The lowest BCUT2D eigenvalue weighted by atomic mass is 10.1. The van der Waals surface area contributed by atoms with Gasteiger partial charge in [0.25, 0.3) is 0 Å². The third-order valence-corrected chi connectivity index (χ3v) is 3.75. The molecule has 0 spiro atoms. The summed E-state index contributed by atoms with van der Waals surface area (Å²) >= 11 is 1.65. The van der Waals surface area contributed by atoms with Gasteiger partial charge in [-0.2, -0.15) is 0 Å². The molecule has 4 nitrogen and oxygen atoms in total. The molecule has 0 bridgehead atoms. The van der Waals surface area contributed by atoms with Crippen molar-refractivity contribution in [1.29, 1.82) is 0 Å². The molecule has 1 atom stereocenters. The van der Waals surface area contributed by atoms with Crippen LogP contribution in [0, 0.1) is 0 Å². The number of rotatable bonds is 5. The molecular weight excluding hydrogens is 258 g/mol. The van der Waals surface area contributed by atoms with Crippen LogP contribution in [0.1, 0.15) is 24.1 Å². The first kappa shape index (κ1) is 13.8. The molecule has 0 aliphatic carbocycles. The summed E-state index contributed by atoms with van der Waals surface area (Å²) < 4.78 is 5.38. The van der Waals surface area contributed by atoms with Gasteiger partial charge in [-0.05, 0) is 30.7 Å². The average molecular weight is 275 g/mol. The molecule has 2 aromatic rings. The molecule has 0 saturated heterocycles. The number of ether oxygens (including phenoxy) is 1. The summed E-state index contributed by atoms with van der Waals surface area (Å²) in [5.74, 6) is 1.67. The van der Waals surface area contributed by atoms with Gasteiger partial charge in [0.15, 0.2) is 0 Å². The minimum atomic E-state index is 0.0220. The van der Waals surface area contributed by atoms with Gasteiger partial charge in [0.05, 0.1) is 12.1 Å². The molecule has 2 rings (SSSR count). The van der Waals surface area contributed by atoms with E-state index in [0.717, 1.165) is 27.7 Å². The van der Waals surface area contributed by atoms with Crippen molar-refractivity contribution < 1.29 is 4.74 Å². The van der Waals surface area contributed by atoms with E-state index in [9.17, 15) is 0 Å². The van der Waals surface area contributed by atoms with Gasteiger partial charge in [0.2, 0.25) is 0 Å². The number of hydrogen-bond donors (Lipinski definition) is 1. The van der Waals surface area contributed by atoms with Gasteiger partial charge < -0.3 is 10.5 Å². The Bertz CT molecular complexity index is 531. The van der Waals surface area contributed by atoms with Crippen LogP contribution in [0.4, 0.5) is 0 Å². The zero-order valence-electron chi connectivity index (χ0n) is 11.0. The van der Waals surface area contributed by atoms with E-state index in [0.29, 0.717) is 0 Å². The molecule has 1 aromatic heterocycles. The van der Waals surface area contributed by atoms with Crippen LogP contribution >= 0.6 is 11.8 Å². The van der Waals surface area contributed by atoms with Crippen LogP contribution in [0.2, 0.25) is 0 Å². The molecule has 1 heterocycles. The molecule has 1 aromatic carbocycles. The zero-order chi connectivity index (χ0) is 13.7. The molecule has 0 fully saturated rings. The average Bonchev–Trinajstić information content (AvgIpc) is 2.45. The second-order valence-electron chi connectivity index (χ2n) is 4.20.